The smallest absolute Gasteiger partial charge is 0.137 e. The van der Waals surface area contributed by atoms with E-state index in [0.717, 1.165) is 41.2 Å². The molecule has 0 saturated heterocycles. The zero-order chi connectivity index (χ0) is 14.7. The van der Waals surface area contributed by atoms with Crippen molar-refractivity contribution < 1.29 is 8.81 Å². The number of nitrogens with one attached hydrogen (secondary N) is 1. The lowest BCUT2D eigenvalue weighted by Crippen LogP contribution is -2.33. The van der Waals surface area contributed by atoms with Crippen molar-refractivity contribution in [2.45, 2.75) is 43.2 Å². The van der Waals surface area contributed by atoms with Crippen LogP contribution in [0.25, 0.3) is 0 Å². The van der Waals surface area contributed by atoms with Gasteiger partial charge in [0, 0.05) is 23.4 Å². The molecule has 0 fully saturated rings. The van der Waals surface area contributed by atoms with Crippen LogP contribution >= 0.6 is 11.8 Å². The third kappa shape index (κ3) is 3.50. The van der Waals surface area contributed by atoms with E-state index in [-0.39, 0.29) is 11.9 Å². The highest BCUT2D eigenvalue weighted by atomic mass is 32.2. The van der Waals surface area contributed by atoms with Crippen molar-refractivity contribution in [3.63, 3.8) is 0 Å². The average Bonchev–Trinajstić information content (AvgIpc) is 3.00. The van der Waals surface area contributed by atoms with Crippen LogP contribution in [0.15, 0.2) is 45.9 Å². The Morgan fingerprint density at radius 3 is 3.10 bits per heavy atom. The number of rotatable bonds is 5. The molecule has 1 N–H and O–H groups in total. The van der Waals surface area contributed by atoms with Crippen LogP contribution in [-0.4, -0.2) is 11.8 Å². The maximum absolute atomic E-state index is 13.9. The molecule has 1 aliphatic heterocycles. The Morgan fingerprint density at radius 2 is 2.29 bits per heavy atom. The number of hydrogen-bond acceptors (Lipinski definition) is 3. The molecule has 112 valence electrons. The van der Waals surface area contributed by atoms with Gasteiger partial charge in [0.05, 0.1) is 6.26 Å². The molecular formula is C17H20FNOS. The van der Waals surface area contributed by atoms with E-state index in [1.807, 2.05) is 24.3 Å². The fraction of sp³-hybridized carbons (Fsp3) is 0.412. The maximum atomic E-state index is 13.9. The lowest BCUT2D eigenvalue weighted by atomic mass is 10.0. The molecule has 0 aliphatic carbocycles. The molecule has 3 rings (SSSR count). The highest BCUT2D eigenvalue weighted by Crippen LogP contribution is 2.38. The summed E-state index contributed by atoms with van der Waals surface area (Å²) in [5.74, 6) is 1.90. The minimum atomic E-state index is -0.0905. The summed E-state index contributed by atoms with van der Waals surface area (Å²) in [6.07, 6.45) is 4.71. The van der Waals surface area contributed by atoms with E-state index in [9.17, 15) is 4.39 Å². The first-order valence-electron chi connectivity index (χ1n) is 7.43. The molecule has 0 amide bonds. The zero-order valence-electron chi connectivity index (χ0n) is 12.1. The highest BCUT2D eigenvalue weighted by Gasteiger charge is 2.24. The lowest BCUT2D eigenvalue weighted by molar-refractivity contribution is 0.404. The van der Waals surface area contributed by atoms with Crippen LogP contribution in [0.4, 0.5) is 4.39 Å². The van der Waals surface area contributed by atoms with Gasteiger partial charge in [-0.1, -0.05) is 12.1 Å². The van der Waals surface area contributed by atoms with Gasteiger partial charge in [-0.3, -0.25) is 0 Å². The first kappa shape index (κ1) is 14.7. The van der Waals surface area contributed by atoms with Crippen LogP contribution in [0.5, 0.6) is 0 Å². The van der Waals surface area contributed by atoms with Gasteiger partial charge in [0.15, 0.2) is 0 Å². The zero-order valence-corrected chi connectivity index (χ0v) is 13.0. The quantitative estimate of drug-likeness (QED) is 0.876. The monoisotopic (exact) mass is 305 g/mol. The van der Waals surface area contributed by atoms with Crippen molar-refractivity contribution in [3.8, 4) is 0 Å². The summed E-state index contributed by atoms with van der Waals surface area (Å²) in [7, 11) is 0. The molecule has 2 nitrogen and oxygen atoms in total. The Bertz CT molecular complexity index is 584. The fourth-order valence-corrected chi connectivity index (χ4v) is 3.94. The van der Waals surface area contributed by atoms with Gasteiger partial charge in [0.1, 0.15) is 11.6 Å². The van der Waals surface area contributed by atoms with E-state index in [2.05, 4.69) is 12.2 Å². The molecule has 2 atom stereocenters. The number of fused-ring (bicyclic) bond motifs is 1. The summed E-state index contributed by atoms with van der Waals surface area (Å²) >= 11 is 1.63. The largest absolute Gasteiger partial charge is 0.469 e. The molecule has 2 aromatic rings. The lowest BCUT2D eigenvalue weighted by Gasteiger charge is -2.29. The number of furan rings is 1. The Morgan fingerprint density at radius 1 is 1.38 bits per heavy atom. The SMILES string of the molecule is CC(CCc1ccco1)NC1CCSc2c(F)cccc21. The van der Waals surface area contributed by atoms with Crippen LogP contribution in [0.3, 0.4) is 0 Å². The Labute approximate surface area is 129 Å². The standard InChI is InChI=1S/C17H20FNOS/c1-12(7-8-13-4-3-10-20-13)19-16-9-11-21-17-14(16)5-2-6-15(17)18/h2-6,10,12,16,19H,7-9,11H2,1H3. The van der Waals surface area contributed by atoms with Gasteiger partial charge >= 0.3 is 0 Å². The first-order chi connectivity index (χ1) is 10.2. The van der Waals surface area contributed by atoms with E-state index in [4.69, 9.17) is 4.42 Å². The van der Waals surface area contributed by atoms with Crippen LogP contribution in [0.1, 0.15) is 37.1 Å². The topological polar surface area (TPSA) is 25.2 Å². The first-order valence-corrected chi connectivity index (χ1v) is 8.42. The third-order valence-corrected chi connectivity index (χ3v) is 5.07. The molecule has 2 unspecified atom stereocenters. The van der Waals surface area contributed by atoms with Gasteiger partial charge in [-0.2, -0.15) is 0 Å². The van der Waals surface area contributed by atoms with Gasteiger partial charge in [-0.25, -0.2) is 4.39 Å². The highest BCUT2D eigenvalue weighted by molar-refractivity contribution is 7.99. The van der Waals surface area contributed by atoms with Crippen LogP contribution in [0, 0.1) is 5.82 Å². The average molecular weight is 305 g/mol. The van der Waals surface area contributed by atoms with E-state index in [0.29, 0.717) is 6.04 Å². The van der Waals surface area contributed by atoms with Crippen LogP contribution in [0.2, 0.25) is 0 Å². The summed E-state index contributed by atoms with van der Waals surface area (Å²) in [5, 5.41) is 3.64. The second-order valence-electron chi connectivity index (χ2n) is 5.53. The van der Waals surface area contributed by atoms with Gasteiger partial charge in [-0.05, 0) is 49.3 Å². The van der Waals surface area contributed by atoms with Crippen molar-refractivity contribution in [1.29, 1.82) is 0 Å². The molecule has 4 heteroatoms. The van der Waals surface area contributed by atoms with E-state index in [1.165, 1.54) is 0 Å². The molecule has 1 aromatic heterocycles. The Hall–Kier alpha value is -1.26. The number of aryl methyl sites for hydroxylation is 1. The summed E-state index contributed by atoms with van der Waals surface area (Å²) in [4.78, 5) is 0.819. The molecule has 0 radical (unpaired) electrons. The van der Waals surface area contributed by atoms with Crippen molar-refractivity contribution in [3.05, 3.63) is 53.7 Å². The Balaban J connectivity index is 1.62. The van der Waals surface area contributed by atoms with E-state index in [1.54, 1.807) is 24.1 Å². The number of halogens is 1. The van der Waals surface area contributed by atoms with Gasteiger partial charge in [-0.15, -0.1) is 11.8 Å². The van der Waals surface area contributed by atoms with Crippen molar-refractivity contribution in [1.82, 2.24) is 5.32 Å². The normalized spacial score (nSPS) is 19.2. The van der Waals surface area contributed by atoms with Crippen molar-refractivity contribution in [2.24, 2.45) is 0 Å². The van der Waals surface area contributed by atoms with Crippen molar-refractivity contribution in [2.75, 3.05) is 5.75 Å². The molecule has 0 saturated carbocycles. The van der Waals surface area contributed by atoms with Gasteiger partial charge in [0.25, 0.3) is 0 Å². The number of benzene rings is 1. The predicted molar refractivity (Wildman–Crippen MR) is 84.1 cm³/mol. The molecule has 0 spiro atoms. The minimum absolute atomic E-state index is 0.0905. The van der Waals surface area contributed by atoms with E-state index < -0.39 is 0 Å². The molecule has 1 aliphatic rings. The molecule has 21 heavy (non-hydrogen) atoms. The number of hydrogen-bond donors (Lipinski definition) is 1. The minimum Gasteiger partial charge on any atom is -0.469 e. The second kappa shape index (κ2) is 6.67. The van der Waals surface area contributed by atoms with Gasteiger partial charge < -0.3 is 9.73 Å². The van der Waals surface area contributed by atoms with Gasteiger partial charge in [0.2, 0.25) is 0 Å². The molecule has 2 heterocycles. The third-order valence-electron chi connectivity index (χ3n) is 3.92. The van der Waals surface area contributed by atoms with Crippen molar-refractivity contribution >= 4 is 11.8 Å². The summed E-state index contributed by atoms with van der Waals surface area (Å²) < 4.78 is 19.2. The van der Waals surface area contributed by atoms with Crippen LogP contribution < -0.4 is 5.32 Å². The second-order valence-corrected chi connectivity index (χ2v) is 6.64. The molecule has 1 aromatic carbocycles. The summed E-state index contributed by atoms with van der Waals surface area (Å²) in [6, 6.07) is 9.96. The Kier molecular flexibility index (Phi) is 4.66. The summed E-state index contributed by atoms with van der Waals surface area (Å²) in [5.41, 5.74) is 1.11. The van der Waals surface area contributed by atoms with E-state index >= 15 is 0 Å². The van der Waals surface area contributed by atoms with Crippen LogP contribution in [-0.2, 0) is 6.42 Å². The fourth-order valence-electron chi connectivity index (χ4n) is 2.80. The molecule has 0 bridgehead atoms. The molecular weight excluding hydrogens is 285 g/mol. The summed E-state index contributed by atoms with van der Waals surface area (Å²) in [6.45, 7) is 2.18. The predicted octanol–water partition coefficient (Wildman–Crippen LogP) is 4.57. The maximum Gasteiger partial charge on any atom is 0.137 e. The number of thioether (sulfide) groups is 1.